The van der Waals surface area contributed by atoms with Crippen molar-refractivity contribution in [2.75, 3.05) is 0 Å². The van der Waals surface area contributed by atoms with E-state index < -0.39 is 36.0 Å². The SMILES string of the molecule is O=C1c2ccccc2C(=O)N1/C=C/c1ccc(OC(F)(F)F)c(OC(F)(F)F)c1. The number of halogens is 6. The van der Waals surface area contributed by atoms with Gasteiger partial charge in [-0.3, -0.25) is 9.59 Å². The molecule has 2 amide bonds. The van der Waals surface area contributed by atoms with Crippen LogP contribution in [0.15, 0.2) is 48.7 Å². The van der Waals surface area contributed by atoms with Crippen LogP contribution in [0, 0.1) is 0 Å². The van der Waals surface area contributed by atoms with E-state index in [1.54, 1.807) is 12.1 Å². The van der Waals surface area contributed by atoms with Crippen molar-refractivity contribution in [1.29, 1.82) is 0 Å². The van der Waals surface area contributed by atoms with Gasteiger partial charge in [0.1, 0.15) is 0 Å². The molecule has 0 bridgehead atoms. The minimum atomic E-state index is -5.27. The standard InChI is InChI=1S/C18H9F6NO4/c19-17(20,21)28-13-6-5-10(9-14(13)29-18(22,23)24)7-8-25-15(26)11-3-1-2-4-12(11)16(25)27/h1-9H/b8-7+. The Morgan fingerprint density at radius 1 is 0.759 bits per heavy atom. The highest BCUT2D eigenvalue weighted by Crippen LogP contribution is 2.36. The van der Waals surface area contributed by atoms with Crippen LogP contribution in [0.4, 0.5) is 26.3 Å². The zero-order valence-electron chi connectivity index (χ0n) is 14.0. The maximum atomic E-state index is 12.5. The third kappa shape index (κ3) is 4.68. The van der Waals surface area contributed by atoms with Gasteiger partial charge in [-0.05, 0) is 35.9 Å². The zero-order chi connectivity index (χ0) is 21.4. The number of ether oxygens (including phenoxy) is 2. The predicted molar refractivity (Wildman–Crippen MR) is 85.8 cm³/mol. The summed E-state index contributed by atoms with van der Waals surface area (Å²) in [7, 11) is 0. The van der Waals surface area contributed by atoms with Gasteiger partial charge in [-0.25, -0.2) is 4.90 Å². The molecule has 0 aliphatic carbocycles. The second-order valence-electron chi connectivity index (χ2n) is 5.64. The highest BCUT2D eigenvalue weighted by Gasteiger charge is 2.37. The van der Waals surface area contributed by atoms with E-state index in [0.29, 0.717) is 12.1 Å². The van der Waals surface area contributed by atoms with Crippen molar-refractivity contribution in [2.24, 2.45) is 0 Å². The molecule has 0 fully saturated rings. The molecule has 152 valence electrons. The Hall–Kier alpha value is -3.50. The van der Waals surface area contributed by atoms with Gasteiger partial charge in [-0.1, -0.05) is 18.2 Å². The Labute approximate surface area is 158 Å². The second-order valence-corrected chi connectivity index (χ2v) is 5.64. The van der Waals surface area contributed by atoms with Gasteiger partial charge in [-0.15, -0.1) is 26.3 Å². The van der Waals surface area contributed by atoms with E-state index >= 15 is 0 Å². The van der Waals surface area contributed by atoms with Gasteiger partial charge in [-0.2, -0.15) is 0 Å². The number of fused-ring (bicyclic) bond motifs is 1. The topological polar surface area (TPSA) is 55.8 Å². The van der Waals surface area contributed by atoms with Crippen molar-refractivity contribution < 1.29 is 45.4 Å². The van der Waals surface area contributed by atoms with E-state index in [0.717, 1.165) is 23.2 Å². The first-order valence-corrected chi connectivity index (χ1v) is 7.75. The minimum absolute atomic E-state index is 0.0738. The van der Waals surface area contributed by atoms with Crippen LogP contribution in [0.3, 0.4) is 0 Å². The maximum absolute atomic E-state index is 12.5. The summed E-state index contributed by atoms with van der Waals surface area (Å²) in [5.74, 6) is -3.73. The molecule has 1 aliphatic rings. The lowest BCUT2D eigenvalue weighted by molar-refractivity contribution is -0.287. The van der Waals surface area contributed by atoms with Gasteiger partial charge >= 0.3 is 12.7 Å². The van der Waals surface area contributed by atoms with Crippen LogP contribution < -0.4 is 9.47 Å². The summed E-state index contributed by atoms with van der Waals surface area (Å²) < 4.78 is 81.7. The summed E-state index contributed by atoms with van der Waals surface area (Å²) >= 11 is 0. The number of imide groups is 1. The van der Waals surface area contributed by atoms with Gasteiger partial charge in [0, 0.05) is 6.20 Å². The Kier molecular flexibility index (Phi) is 4.99. The summed E-state index contributed by atoms with van der Waals surface area (Å²) in [6.45, 7) is 0. The smallest absolute Gasteiger partial charge is 0.402 e. The number of rotatable bonds is 4. The van der Waals surface area contributed by atoms with Crippen LogP contribution in [0.2, 0.25) is 0 Å². The fourth-order valence-corrected chi connectivity index (χ4v) is 2.55. The molecule has 0 saturated carbocycles. The summed E-state index contributed by atoms with van der Waals surface area (Å²) in [6.07, 6.45) is -8.43. The zero-order valence-corrected chi connectivity index (χ0v) is 14.0. The van der Waals surface area contributed by atoms with Crippen LogP contribution in [-0.2, 0) is 0 Å². The van der Waals surface area contributed by atoms with Gasteiger partial charge in [0.15, 0.2) is 11.5 Å². The van der Waals surface area contributed by atoms with Gasteiger partial charge < -0.3 is 9.47 Å². The van der Waals surface area contributed by atoms with Crippen LogP contribution in [-0.4, -0.2) is 29.4 Å². The number of nitrogens with zero attached hydrogens (tertiary/aromatic N) is 1. The summed E-state index contributed by atoms with van der Waals surface area (Å²) in [6, 6.07) is 8.22. The molecule has 5 nitrogen and oxygen atoms in total. The molecule has 11 heteroatoms. The molecule has 0 N–H and O–H groups in total. The van der Waals surface area contributed by atoms with Crippen molar-refractivity contribution in [1.82, 2.24) is 4.90 Å². The van der Waals surface area contributed by atoms with Crippen LogP contribution in [0.5, 0.6) is 11.5 Å². The van der Waals surface area contributed by atoms with Gasteiger partial charge in [0.25, 0.3) is 11.8 Å². The van der Waals surface area contributed by atoms with Crippen molar-refractivity contribution in [3.05, 3.63) is 65.4 Å². The molecule has 1 heterocycles. The number of carbonyl (C=O) groups excluding carboxylic acids is 2. The maximum Gasteiger partial charge on any atom is 0.573 e. The molecule has 29 heavy (non-hydrogen) atoms. The van der Waals surface area contributed by atoms with E-state index in [2.05, 4.69) is 9.47 Å². The Morgan fingerprint density at radius 2 is 1.28 bits per heavy atom. The van der Waals surface area contributed by atoms with Crippen molar-refractivity contribution in [3.63, 3.8) is 0 Å². The molecule has 1 aliphatic heterocycles. The quantitative estimate of drug-likeness (QED) is 0.532. The van der Waals surface area contributed by atoms with E-state index in [1.807, 2.05) is 0 Å². The van der Waals surface area contributed by atoms with Crippen molar-refractivity contribution in [2.45, 2.75) is 12.7 Å². The van der Waals surface area contributed by atoms with E-state index in [4.69, 9.17) is 0 Å². The Balaban J connectivity index is 1.89. The molecular weight excluding hydrogens is 408 g/mol. The number of carbonyl (C=O) groups is 2. The summed E-state index contributed by atoms with van der Waals surface area (Å²) in [5, 5.41) is 0. The molecule has 0 saturated heterocycles. The highest BCUT2D eigenvalue weighted by molar-refractivity contribution is 6.22. The normalized spacial score (nSPS) is 14.5. The van der Waals surface area contributed by atoms with Crippen LogP contribution >= 0.6 is 0 Å². The fourth-order valence-electron chi connectivity index (χ4n) is 2.55. The van der Waals surface area contributed by atoms with Gasteiger partial charge in [0.05, 0.1) is 11.1 Å². The summed E-state index contributed by atoms with van der Waals surface area (Å²) in [5.41, 5.74) is 0.227. The molecule has 0 unspecified atom stereocenters. The third-order valence-electron chi connectivity index (χ3n) is 3.66. The van der Waals surface area contributed by atoms with E-state index in [9.17, 15) is 35.9 Å². The van der Waals surface area contributed by atoms with E-state index in [-0.39, 0.29) is 16.7 Å². The minimum Gasteiger partial charge on any atom is -0.402 e. The number of benzene rings is 2. The summed E-state index contributed by atoms with van der Waals surface area (Å²) in [4.78, 5) is 25.2. The Bertz CT molecular complexity index is 962. The fraction of sp³-hybridized carbons (Fsp3) is 0.111. The average molecular weight is 417 g/mol. The molecule has 2 aromatic carbocycles. The highest BCUT2D eigenvalue weighted by atomic mass is 19.4. The van der Waals surface area contributed by atoms with Gasteiger partial charge in [0.2, 0.25) is 0 Å². The molecule has 0 atom stereocenters. The number of amides is 2. The molecule has 0 aromatic heterocycles. The number of hydrogen-bond donors (Lipinski definition) is 0. The van der Waals surface area contributed by atoms with E-state index in [1.165, 1.54) is 12.1 Å². The monoisotopic (exact) mass is 417 g/mol. The lowest BCUT2D eigenvalue weighted by atomic mass is 10.1. The van der Waals surface area contributed by atoms with Crippen molar-refractivity contribution >= 4 is 17.9 Å². The number of hydrogen-bond acceptors (Lipinski definition) is 4. The van der Waals surface area contributed by atoms with Crippen LogP contribution in [0.1, 0.15) is 26.3 Å². The lowest BCUT2D eigenvalue weighted by Gasteiger charge is -2.16. The molecule has 3 rings (SSSR count). The third-order valence-corrected chi connectivity index (χ3v) is 3.66. The predicted octanol–water partition coefficient (Wildman–Crippen LogP) is 4.75. The molecule has 0 spiro atoms. The largest absolute Gasteiger partial charge is 0.573 e. The first-order valence-electron chi connectivity index (χ1n) is 7.75. The first kappa shape index (κ1) is 20.2. The molecule has 2 aromatic rings. The second kappa shape index (κ2) is 7.15. The molecular formula is C18H9F6NO4. The number of alkyl halides is 6. The Morgan fingerprint density at radius 3 is 1.79 bits per heavy atom. The van der Waals surface area contributed by atoms with Crippen LogP contribution in [0.25, 0.3) is 6.08 Å². The first-order chi connectivity index (χ1) is 13.4. The molecule has 0 radical (unpaired) electrons. The average Bonchev–Trinajstić information content (AvgIpc) is 2.84. The van der Waals surface area contributed by atoms with Crippen molar-refractivity contribution in [3.8, 4) is 11.5 Å². The lowest BCUT2D eigenvalue weighted by Crippen LogP contribution is -2.23.